The Morgan fingerprint density at radius 3 is 2.67 bits per heavy atom. The minimum absolute atomic E-state index is 0.120. The van der Waals surface area contributed by atoms with Crippen LogP contribution in [0.3, 0.4) is 0 Å². The summed E-state index contributed by atoms with van der Waals surface area (Å²) >= 11 is 0. The maximum absolute atomic E-state index is 12.2. The Labute approximate surface area is 127 Å². The van der Waals surface area contributed by atoms with Crippen LogP contribution < -0.4 is 5.32 Å². The number of nitrogens with one attached hydrogen (secondary N) is 1. The molecular formula is C18H26N2O. The summed E-state index contributed by atoms with van der Waals surface area (Å²) in [5.74, 6) is 1.51. The fourth-order valence-electron chi connectivity index (χ4n) is 3.97. The fraction of sp³-hybridized carbons (Fsp3) is 0.611. The lowest BCUT2D eigenvalue weighted by Crippen LogP contribution is -2.42. The second-order valence-corrected chi connectivity index (χ2v) is 7.03. The van der Waals surface area contributed by atoms with Crippen LogP contribution >= 0.6 is 0 Å². The monoisotopic (exact) mass is 286 g/mol. The van der Waals surface area contributed by atoms with Crippen molar-refractivity contribution in [2.75, 3.05) is 25.0 Å². The first-order valence-electron chi connectivity index (χ1n) is 8.24. The van der Waals surface area contributed by atoms with Crippen molar-refractivity contribution in [2.45, 2.75) is 39.5 Å². The van der Waals surface area contributed by atoms with Gasteiger partial charge in [0.05, 0.1) is 6.54 Å². The fourth-order valence-corrected chi connectivity index (χ4v) is 3.97. The van der Waals surface area contributed by atoms with Gasteiger partial charge in [0.2, 0.25) is 5.91 Å². The summed E-state index contributed by atoms with van der Waals surface area (Å²) in [4.78, 5) is 14.5. The van der Waals surface area contributed by atoms with Crippen molar-refractivity contribution in [3.05, 3.63) is 29.3 Å². The van der Waals surface area contributed by atoms with Crippen LogP contribution in [-0.2, 0) is 17.6 Å². The molecule has 1 fully saturated rings. The van der Waals surface area contributed by atoms with Gasteiger partial charge in [-0.3, -0.25) is 9.69 Å². The second-order valence-electron chi connectivity index (χ2n) is 7.03. The molecule has 1 heterocycles. The van der Waals surface area contributed by atoms with E-state index in [1.54, 1.807) is 0 Å². The topological polar surface area (TPSA) is 32.3 Å². The van der Waals surface area contributed by atoms with Gasteiger partial charge in [0.1, 0.15) is 0 Å². The molecule has 0 saturated carbocycles. The van der Waals surface area contributed by atoms with Crippen LogP contribution in [0, 0.1) is 11.8 Å². The van der Waals surface area contributed by atoms with Gasteiger partial charge in [-0.1, -0.05) is 19.9 Å². The molecular weight excluding hydrogens is 260 g/mol. The summed E-state index contributed by atoms with van der Waals surface area (Å²) < 4.78 is 0. The van der Waals surface area contributed by atoms with Gasteiger partial charge in [0.25, 0.3) is 0 Å². The molecule has 0 bridgehead atoms. The number of rotatable bonds is 3. The molecule has 21 heavy (non-hydrogen) atoms. The van der Waals surface area contributed by atoms with Crippen LogP contribution in [-0.4, -0.2) is 30.4 Å². The van der Waals surface area contributed by atoms with Crippen molar-refractivity contribution in [1.82, 2.24) is 4.90 Å². The van der Waals surface area contributed by atoms with Gasteiger partial charge in [-0.05, 0) is 60.8 Å². The van der Waals surface area contributed by atoms with E-state index in [1.807, 2.05) is 6.07 Å². The van der Waals surface area contributed by atoms with Crippen LogP contribution in [0.5, 0.6) is 0 Å². The van der Waals surface area contributed by atoms with Crippen molar-refractivity contribution in [3.8, 4) is 0 Å². The maximum Gasteiger partial charge on any atom is 0.238 e. The molecule has 0 aromatic heterocycles. The lowest BCUT2D eigenvalue weighted by Gasteiger charge is -2.34. The molecule has 0 radical (unpaired) electrons. The summed E-state index contributed by atoms with van der Waals surface area (Å²) in [5.41, 5.74) is 3.82. The molecule has 3 heteroatoms. The molecule has 2 atom stereocenters. The van der Waals surface area contributed by atoms with E-state index in [9.17, 15) is 4.79 Å². The Hall–Kier alpha value is -1.35. The summed E-state index contributed by atoms with van der Waals surface area (Å²) in [6.07, 6.45) is 4.87. The molecule has 1 aliphatic carbocycles. The highest BCUT2D eigenvalue weighted by molar-refractivity contribution is 5.92. The number of benzene rings is 1. The third kappa shape index (κ3) is 3.65. The molecule has 2 aliphatic rings. The van der Waals surface area contributed by atoms with Gasteiger partial charge in [0.15, 0.2) is 0 Å². The van der Waals surface area contributed by atoms with Gasteiger partial charge in [-0.25, -0.2) is 0 Å². The van der Waals surface area contributed by atoms with Crippen LogP contribution in [0.4, 0.5) is 5.69 Å². The van der Waals surface area contributed by atoms with Crippen molar-refractivity contribution in [1.29, 1.82) is 0 Å². The SMILES string of the molecule is C[C@H]1C[C@H](C)CN(CC(=O)Nc2ccc3c(c2)CCC3)C1. The average Bonchev–Trinajstić information content (AvgIpc) is 2.84. The maximum atomic E-state index is 12.2. The van der Waals surface area contributed by atoms with Gasteiger partial charge in [0, 0.05) is 18.8 Å². The molecule has 1 saturated heterocycles. The third-order valence-electron chi connectivity index (χ3n) is 4.69. The van der Waals surface area contributed by atoms with E-state index in [4.69, 9.17) is 0 Å². The Morgan fingerprint density at radius 2 is 1.90 bits per heavy atom. The Kier molecular flexibility index (Phi) is 4.29. The highest BCUT2D eigenvalue weighted by Gasteiger charge is 2.23. The minimum Gasteiger partial charge on any atom is -0.325 e. The van der Waals surface area contributed by atoms with Gasteiger partial charge in [-0.15, -0.1) is 0 Å². The molecule has 1 N–H and O–H groups in total. The Bertz CT molecular complexity index is 516. The predicted molar refractivity (Wildman–Crippen MR) is 86.5 cm³/mol. The number of carbonyl (C=O) groups excluding carboxylic acids is 1. The van der Waals surface area contributed by atoms with E-state index < -0.39 is 0 Å². The highest BCUT2D eigenvalue weighted by atomic mass is 16.2. The van der Waals surface area contributed by atoms with E-state index in [0.29, 0.717) is 18.4 Å². The molecule has 114 valence electrons. The standard InChI is InChI=1S/C18H26N2O/c1-13-8-14(2)11-20(10-13)12-18(21)19-17-7-6-15-4-3-5-16(15)9-17/h6-7,9,13-14H,3-5,8,10-12H2,1-2H3,(H,19,21)/t13-,14-/m0/s1. The molecule has 1 aromatic carbocycles. The summed E-state index contributed by atoms with van der Waals surface area (Å²) in [5, 5.41) is 3.07. The zero-order valence-electron chi connectivity index (χ0n) is 13.2. The number of hydrogen-bond acceptors (Lipinski definition) is 2. The van der Waals surface area contributed by atoms with Gasteiger partial charge < -0.3 is 5.32 Å². The van der Waals surface area contributed by atoms with Crippen LogP contribution in [0.25, 0.3) is 0 Å². The van der Waals surface area contributed by atoms with Gasteiger partial charge >= 0.3 is 0 Å². The number of likely N-dealkylation sites (tertiary alicyclic amines) is 1. The average molecular weight is 286 g/mol. The molecule has 3 rings (SSSR count). The first-order chi connectivity index (χ1) is 10.1. The predicted octanol–water partition coefficient (Wildman–Crippen LogP) is 3.09. The van der Waals surface area contributed by atoms with E-state index in [0.717, 1.165) is 25.2 Å². The summed E-state index contributed by atoms with van der Waals surface area (Å²) in [7, 11) is 0. The van der Waals surface area contributed by atoms with Crippen molar-refractivity contribution < 1.29 is 4.79 Å². The van der Waals surface area contributed by atoms with Crippen molar-refractivity contribution in [2.24, 2.45) is 11.8 Å². The summed E-state index contributed by atoms with van der Waals surface area (Å²) in [6, 6.07) is 6.37. The zero-order chi connectivity index (χ0) is 14.8. The number of amides is 1. The van der Waals surface area contributed by atoms with E-state index in [2.05, 4.69) is 36.2 Å². The van der Waals surface area contributed by atoms with E-state index in [-0.39, 0.29) is 5.91 Å². The number of nitrogens with zero attached hydrogens (tertiary/aromatic N) is 1. The number of piperidine rings is 1. The number of aryl methyl sites for hydroxylation is 2. The molecule has 0 spiro atoms. The minimum atomic E-state index is 0.120. The Morgan fingerprint density at radius 1 is 1.19 bits per heavy atom. The normalized spacial score (nSPS) is 25.6. The molecule has 3 nitrogen and oxygen atoms in total. The van der Waals surface area contributed by atoms with Gasteiger partial charge in [-0.2, -0.15) is 0 Å². The smallest absolute Gasteiger partial charge is 0.238 e. The lowest BCUT2D eigenvalue weighted by molar-refractivity contribution is -0.117. The van der Waals surface area contributed by atoms with E-state index in [1.165, 1.54) is 30.4 Å². The molecule has 1 amide bonds. The molecule has 1 aliphatic heterocycles. The molecule has 0 unspecified atom stereocenters. The zero-order valence-corrected chi connectivity index (χ0v) is 13.2. The number of anilines is 1. The number of hydrogen-bond donors (Lipinski definition) is 1. The van der Waals surface area contributed by atoms with Crippen LogP contribution in [0.1, 0.15) is 37.8 Å². The first kappa shape index (κ1) is 14.6. The Balaban J connectivity index is 1.56. The molecule has 1 aromatic rings. The second kappa shape index (κ2) is 6.18. The van der Waals surface area contributed by atoms with Crippen molar-refractivity contribution >= 4 is 11.6 Å². The van der Waals surface area contributed by atoms with Crippen LogP contribution in [0.15, 0.2) is 18.2 Å². The largest absolute Gasteiger partial charge is 0.325 e. The number of fused-ring (bicyclic) bond motifs is 1. The third-order valence-corrected chi connectivity index (χ3v) is 4.69. The highest BCUT2D eigenvalue weighted by Crippen LogP contribution is 2.25. The first-order valence-corrected chi connectivity index (χ1v) is 8.24. The quantitative estimate of drug-likeness (QED) is 0.926. The number of carbonyl (C=O) groups is 1. The van der Waals surface area contributed by atoms with Crippen LogP contribution in [0.2, 0.25) is 0 Å². The lowest BCUT2D eigenvalue weighted by atomic mass is 9.92. The van der Waals surface area contributed by atoms with Crippen molar-refractivity contribution in [3.63, 3.8) is 0 Å². The van der Waals surface area contributed by atoms with E-state index >= 15 is 0 Å². The summed E-state index contributed by atoms with van der Waals surface area (Å²) in [6.45, 7) is 7.16.